The van der Waals surface area contributed by atoms with Crippen LogP contribution >= 0.6 is 0 Å². The summed E-state index contributed by atoms with van der Waals surface area (Å²) in [5.41, 5.74) is 17.9. The number of aryl methyl sites for hydroxylation is 1. The molecule has 1 N–H and O–H groups in total. The van der Waals surface area contributed by atoms with Crippen LogP contribution in [0.1, 0.15) is 86.8 Å². The summed E-state index contributed by atoms with van der Waals surface area (Å²) >= 11 is 0. The lowest BCUT2D eigenvalue weighted by atomic mass is 9.64. The number of para-hydroxylation sites is 3. The van der Waals surface area contributed by atoms with E-state index in [2.05, 4.69) is 176 Å². The van der Waals surface area contributed by atoms with Crippen molar-refractivity contribution in [1.82, 2.24) is 4.57 Å². The van der Waals surface area contributed by atoms with Gasteiger partial charge in [0.2, 0.25) is 0 Å². The average Bonchev–Trinajstić information content (AvgIpc) is 3.64. The molecule has 3 aliphatic rings. The maximum absolute atomic E-state index is 4.53. The van der Waals surface area contributed by atoms with E-state index < -0.39 is 5.41 Å². The van der Waals surface area contributed by atoms with E-state index in [1.807, 2.05) is 45.1 Å². The van der Waals surface area contributed by atoms with Crippen LogP contribution in [0.4, 0.5) is 5.69 Å². The van der Waals surface area contributed by atoms with Crippen molar-refractivity contribution in [2.75, 3.05) is 11.9 Å². The molecule has 1 aliphatic heterocycles. The third-order valence-electron chi connectivity index (χ3n) is 11.8. The molecule has 9 rings (SSSR count). The molecule has 0 saturated carbocycles. The van der Waals surface area contributed by atoms with Gasteiger partial charge in [0.1, 0.15) is 0 Å². The number of benzene rings is 5. The lowest BCUT2D eigenvalue weighted by molar-refractivity contribution is 0.741. The van der Waals surface area contributed by atoms with Crippen LogP contribution in [0.3, 0.4) is 0 Å². The minimum atomic E-state index is -0.452. The van der Waals surface area contributed by atoms with Crippen LogP contribution in [-0.4, -0.2) is 11.1 Å². The fourth-order valence-corrected chi connectivity index (χ4v) is 9.45. The number of fused-ring (bicyclic) bond motifs is 9. The van der Waals surface area contributed by atoms with Gasteiger partial charge in [-0.1, -0.05) is 186 Å². The Morgan fingerprint density at radius 3 is 2.25 bits per heavy atom. The molecule has 5 aromatic carbocycles. The molecule has 2 aliphatic carbocycles. The first-order valence-electron chi connectivity index (χ1n) is 21.5. The quantitative estimate of drug-likeness (QED) is 0.137. The van der Waals surface area contributed by atoms with Crippen LogP contribution in [0.25, 0.3) is 38.6 Å². The molecule has 1 spiro atoms. The number of aromatic nitrogens is 1. The molecule has 6 aromatic rings. The Morgan fingerprint density at radius 2 is 1.46 bits per heavy atom. The standard InChI is InChI=1S/C48H42N2.C7H10.C2H6/c1-4-16-33-17-7-6-8-18-35(33)40-31-34(28-27-32(40)3)49-30-29-37-36-19-9-11-22-42(36)48(41(37)5-2)43-23-12-14-26-46(43)50-45-25-13-10-20-38(45)39-21-15-24-44(48)47(39)50;1-3-5-7-6-4-2;1-2/h5,7-15,17-28,31,49H,2,4,6,16,29-30H2,1,3H3;3-7H,1H2,2H3;1-2H3/b;6-4-,7-5-;. The van der Waals surface area contributed by atoms with Crippen LogP contribution in [0.15, 0.2) is 194 Å². The van der Waals surface area contributed by atoms with E-state index in [4.69, 9.17) is 0 Å². The highest BCUT2D eigenvalue weighted by Gasteiger charge is 2.50. The predicted molar refractivity (Wildman–Crippen MR) is 259 cm³/mol. The normalized spacial score (nSPS) is 16.2. The monoisotopic (exact) mass is 770 g/mol. The second-order valence-corrected chi connectivity index (χ2v) is 15.0. The summed E-state index contributed by atoms with van der Waals surface area (Å²) in [6, 6.07) is 40.7. The summed E-state index contributed by atoms with van der Waals surface area (Å²) in [5, 5.41) is 6.44. The average molecular weight is 771 g/mol. The summed E-state index contributed by atoms with van der Waals surface area (Å²) in [7, 11) is 0. The number of allylic oxidation sites excluding steroid dienone is 13. The van der Waals surface area contributed by atoms with E-state index >= 15 is 0 Å². The van der Waals surface area contributed by atoms with Crippen molar-refractivity contribution >= 4 is 38.6 Å². The molecule has 296 valence electrons. The minimum absolute atomic E-state index is 0.452. The van der Waals surface area contributed by atoms with Crippen molar-refractivity contribution < 1.29 is 0 Å². The molecule has 2 heteroatoms. The summed E-state index contributed by atoms with van der Waals surface area (Å²) in [6.45, 7) is 19.3. The molecule has 1 aromatic heterocycles. The van der Waals surface area contributed by atoms with Crippen molar-refractivity contribution in [1.29, 1.82) is 0 Å². The van der Waals surface area contributed by atoms with Gasteiger partial charge in [0, 0.05) is 23.0 Å². The first kappa shape index (κ1) is 40.8. The second-order valence-electron chi connectivity index (χ2n) is 15.0. The molecule has 0 fully saturated rings. The van der Waals surface area contributed by atoms with E-state index in [0.717, 1.165) is 37.9 Å². The molecule has 0 saturated heterocycles. The van der Waals surface area contributed by atoms with Crippen molar-refractivity contribution in [3.8, 4) is 5.69 Å². The maximum atomic E-state index is 4.53. The largest absolute Gasteiger partial charge is 0.385 e. The maximum Gasteiger partial charge on any atom is 0.0751 e. The van der Waals surface area contributed by atoms with E-state index in [-0.39, 0.29) is 0 Å². The zero-order chi connectivity index (χ0) is 41.4. The van der Waals surface area contributed by atoms with Gasteiger partial charge in [-0.15, -0.1) is 0 Å². The van der Waals surface area contributed by atoms with E-state index in [1.165, 1.54) is 83.2 Å². The molecular formula is C57H58N2. The molecule has 1 atom stereocenters. The van der Waals surface area contributed by atoms with Gasteiger partial charge in [0.25, 0.3) is 0 Å². The van der Waals surface area contributed by atoms with Gasteiger partial charge in [0.05, 0.1) is 22.1 Å². The number of anilines is 1. The van der Waals surface area contributed by atoms with Crippen LogP contribution in [0.5, 0.6) is 0 Å². The third-order valence-corrected chi connectivity index (χ3v) is 11.8. The molecule has 0 amide bonds. The van der Waals surface area contributed by atoms with Crippen LogP contribution in [0, 0.1) is 6.92 Å². The van der Waals surface area contributed by atoms with Gasteiger partial charge in [-0.3, -0.25) is 0 Å². The molecule has 0 radical (unpaired) electrons. The highest BCUT2D eigenvalue weighted by Crippen LogP contribution is 2.60. The zero-order valence-corrected chi connectivity index (χ0v) is 35.6. The van der Waals surface area contributed by atoms with E-state index in [0.29, 0.717) is 0 Å². The second kappa shape index (κ2) is 18.5. The molecule has 2 heterocycles. The van der Waals surface area contributed by atoms with Crippen molar-refractivity contribution in [3.05, 3.63) is 228 Å². The Bertz CT molecular complexity index is 2700. The number of nitrogens with one attached hydrogen (secondary N) is 1. The fraction of sp³-hybridized carbons (Fsp3) is 0.193. The minimum Gasteiger partial charge on any atom is -0.385 e. The number of rotatable bonds is 10. The van der Waals surface area contributed by atoms with Gasteiger partial charge < -0.3 is 9.88 Å². The van der Waals surface area contributed by atoms with Gasteiger partial charge >= 0.3 is 0 Å². The first-order valence-corrected chi connectivity index (χ1v) is 21.5. The van der Waals surface area contributed by atoms with Crippen molar-refractivity contribution in [2.24, 2.45) is 0 Å². The Morgan fingerprint density at radius 1 is 0.729 bits per heavy atom. The Labute approximate surface area is 352 Å². The first-order chi connectivity index (χ1) is 29.1. The predicted octanol–water partition coefficient (Wildman–Crippen LogP) is 15.6. The molecule has 1 unspecified atom stereocenters. The number of hydrogen-bond acceptors (Lipinski definition) is 1. The highest BCUT2D eigenvalue weighted by molar-refractivity contribution is 6.12. The SMILES string of the molecule is C=C/C=C\C=C/C.C=CC1=C(CCNc2ccc(C)c(C3=C(CCC)C=CCC=C3)c2)c2ccccc2C12c1ccccc1-n1c3ccccc3c3cccc2c31.CC. The lowest BCUT2D eigenvalue weighted by Gasteiger charge is -2.40. The van der Waals surface area contributed by atoms with E-state index in [1.54, 1.807) is 6.08 Å². The van der Waals surface area contributed by atoms with E-state index in [9.17, 15) is 0 Å². The van der Waals surface area contributed by atoms with Crippen molar-refractivity contribution in [3.63, 3.8) is 0 Å². The Hall–Kier alpha value is -6.38. The Kier molecular flexibility index (Phi) is 12.8. The molecule has 0 bridgehead atoms. The molecular weight excluding hydrogens is 713 g/mol. The molecule has 59 heavy (non-hydrogen) atoms. The fourth-order valence-electron chi connectivity index (χ4n) is 9.45. The lowest BCUT2D eigenvalue weighted by Crippen LogP contribution is -2.34. The van der Waals surface area contributed by atoms with Crippen LogP contribution in [0.2, 0.25) is 0 Å². The highest BCUT2D eigenvalue weighted by atomic mass is 15.0. The van der Waals surface area contributed by atoms with Crippen LogP contribution < -0.4 is 5.32 Å². The summed E-state index contributed by atoms with van der Waals surface area (Å²) in [5.74, 6) is 0. The number of hydrogen-bond donors (Lipinski definition) is 1. The topological polar surface area (TPSA) is 17.0 Å². The van der Waals surface area contributed by atoms with Crippen molar-refractivity contribution in [2.45, 2.75) is 65.7 Å². The smallest absolute Gasteiger partial charge is 0.0751 e. The summed E-state index contributed by atoms with van der Waals surface area (Å²) in [6.07, 6.45) is 25.0. The number of nitrogens with zero attached hydrogens (tertiary/aromatic N) is 1. The summed E-state index contributed by atoms with van der Waals surface area (Å²) in [4.78, 5) is 0. The van der Waals surface area contributed by atoms with Gasteiger partial charge in [-0.25, -0.2) is 0 Å². The van der Waals surface area contributed by atoms with Gasteiger partial charge in [-0.2, -0.15) is 0 Å². The zero-order valence-electron chi connectivity index (χ0n) is 35.6. The Balaban J connectivity index is 0.000000534. The van der Waals surface area contributed by atoms with Crippen LogP contribution in [-0.2, 0) is 5.41 Å². The summed E-state index contributed by atoms with van der Waals surface area (Å²) < 4.78 is 2.50. The molecule has 2 nitrogen and oxygen atoms in total. The third kappa shape index (κ3) is 7.23. The van der Waals surface area contributed by atoms with Gasteiger partial charge in [0.15, 0.2) is 0 Å². The van der Waals surface area contributed by atoms with Gasteiger partial charge in [-0.05, 0) is 113 Å².